The molecule has 94 valence electrons. The summed E-state index contributed by atoms with van der Waals surface area (Å²) in [7, 11) is 1.64. The number of halogens is 1. The first-order chi connectivity index (χ1) is 8.15. The molecule has 0 fully saturated rings. The van der Waals surface area contributed by atoms with Gasteiger partial charge in [-0.25, -0.2) is 4.39 Å². The predicted octanol–water partition coefficient (Wildman–Crippen LogP) is 1.56. The lowest BCUT2D eigenvalue weighted by Gasteiger charge is -2.06. The van der Waals surface area contributed by atoms with Crippen LogP contribution < -0.4 is 11.1 Å². The van der Waals surface area contributed by atoms with Crippen LogP contribution in [0.2, 0.25) is 0 Å². The van der Waals surface area contributed by atoms with Crippen LogP contribution >= 0.6 is 0 Å². The number of hydrogen-bond donors (Lipinski definition) is 2. The van der Waals surface area contributed by atoms with Gasteiger partial charge in [0.25, 0.3) is 5.91 Å². The molecule has 0 saturated carbocycles. The molecule has 0 bridgehead atoms. The molecule has 5 heteroatoms. The van der Waals surface area contributed by atoms with Crippen molar-refractivity contribution in [1.29, 1.82) is 0 Å². The maximum atomic E-state index is 12.9. The molecule has 0 radical (unpaired) electrons. The number of carbonyl (C=O) groups is 1. The highest BCUT2D eigenvalue weighted by Gasteiger charge is 2.07. The van der Waals surface area contributed by atoms with Gasteiger partial charge in [0.15, 0.2) is 0 Å². The van der Waals surface area contributed by atoms with Crippen LogP contribution in [0, 0.1) is 5.82 Å². The molecule has 4 nitrogen and oxygen atoms in total. The van der Waals surface area contributed by atoms with Crippen LogP contribution in [0.1, 0.15) is 23.2 Å². The monoisotopic (exact) mass is 240 g/mol. The number of nitrogen functional groups attached to an aromatic ring is 1. The Labute approximate surface area is 100.0 Å². The molecule has 1 rings (SSSR count). The maximum Gasteiger partial charge on any atom is 0.251 e. The average Bonchev–Trinajstić information content (AvgIpc) is 2.32. The molecular weight excluding hydrogens is 223 g/mol. The molecule has 0 spiro atoms. The molecule has 0 aliphatic carbocycles. The summed E-state index contributed by atoms with van der Waals surface area (Å²) >= 11 is 0. The summed E-state index contributed by atoms with van der Waals surface area (Å²) in [4.78, 5) is 11.6. The molecule has 0 aliphatic rings. The van der Waals surface area contributed by atoms with Crippen LogP contribution in [0.4, 0.5) is 10.1 Å². The highest BCUT2D eigenvalue weighted by Crippen LogP contribution is 2.11. The van der Waals surface area contributed by atoms with Crippen LogP contribution in [0.15, 0.2) is 18.2 Å². The first kappa shape index (κ1) is 13.4. The number of benzene rings is 1. The van der Waals surface area contributed by atoms with Gasteiger partial charge < -0.3 is 15.8 Å². The van der Waals surface area contributed by atoms with Gasteiger partial charge in [-0.2, -0.15) is 0 Å². The quantitative estimate of drug-likeness (QED) is 0.586. The molecule has 0 aliphatic heterocycles. The van der Waals surface area contributed by atoms with Crippen molar-refractivity contribution in [2.24, 2.45) is 0 Å². The smallest absolute Gasteiger partial charge is 0.251 e. The minimum absolute atomic E-state index is 0.0166. The van der Waals surface area contributed by atoms with Gasteiger partial charge in [0.05, 0.1) is 5.69 Å². The Morgan fingerprint density at radius 1 is 1.47 bits per heavy atom. The van der Waals surface area contributed by atoms with Gasteiger partial charge in [0, 0.05) is 25.8 Å². The molecule has 0 unspecified atom stereocenters. The predicted molar refractivity (Wildman–Crippen MR) is 64.3 cm³/mol. The molecule has 1 amide bonds. The Morgan fingerprint density at radius 3 is 2.88 bits per heavy atom. The number of ether oxygens (including phenoxy) is 1. The summed E-state index contributed by atoms with van der Waals surface area (Å²) in [6.45, 7) is 1.25. The second kappa shape index (κ2) is 6.85. The Bertz CT molecular complexity index is 383. The summed E-state index contributed by atoms with van der Waals surface area (Å²) in [6, 6.07) is 3.94. The third kappa shape index (κ3) is 4.40. The van der Waals surface area contributed by atoms with E-state index in [0.29, 0.717) is 18.7 Å². The zero-order valence-electron chi connectivity index (χ0n) is 9.83. The van der Waals surface area contributed by atoms with E-state index >= 15 is 0 Å². The first-order valence-electron chi connectivity index (χ1n) is 5.47. The highest BCUT2D eigenvalue weighted by molar-refractivity contribution is 5.94. The first-order valence-corrected chi connectivity index (χ1v) is 5.47. The third-order valence-electron chi connectivity index (χ3n) is 2.32. The van der Waals surface area contributed by atoms with Crippen LogP contribution in [-0.2, 0) is 4.74 Å². The van der Waals surface area contributed by atoms with Crippen molar-refractivity contribution in [3.8, 4) is 0 Å². The fourth-order valence-corrected chi connectivity index (χ4v) is 1.36. The van der Waals surface area contributed by atoms with E-state index in [9.17, 15) is 9.18 Å². The van der Waals surface area contributed by atoms with Crippen molar-refractivity contribution in [3.63, 3.8) is 0 Å². The van der Waals surface area contributed by atoms with Crippen molar-refractivity contribution in [3.05, 3.63) is 29.6 Å². The van der Waals surface area contributed by atoms with E-state index < -0.39 is 5.82 Å². The van der Waals surface area contributed by atoms with Gasteiger partial charge in [-0.3, -0.25) is 4.79 Å². The van der Waals surface area contributed by atoms with E-state index in [0.717, 1.165) is 12.8 Å². The normalized spacial score (nSPS) is 10.2. The lowest BCUT2D eigenvalue weighted by Crippen LogP contribution is -2.24. The van der Waals surface area contributed by atoms with Gasteiger partial charge in [0.1, 0.15) is 5.82 Å². The maximum absolute atomic E-state index is 12.9. The number of hydrogen-bond acceptors (Lipinski definition) is 3. The zero-order valence-corrected chi connectivity index (χ0v) is 9.83. The minimum atomic E-state index is -0.512. The van der Waals surface area contributed by atoms with E-state index in [4.69, 9.17) is 10.5 Å². The number of nitrogens with one attached hydrogen (secondary N) is 1. The van der Waals surface area contributed by atoms with Crippen molar-refractivity contribution in [2.45, 2.75) is 12.8 Å². The van der Waals surface area contributed by atoms with E-state index in [-0.39, 0.29) is 11.6 Å². The number of methoxy groups -OCH3 is 1. The van der Waals surface area contributed by atoms with Crippen molar-refractivity contribution >= 4 is 11.6 Å². The highest BCUT2D eigenvalue weighted by atomic mass is 19.1. The SMILES string of the molecule is COCCCCNC(=O)c1ccc(F)c(N)c1. The largest absolute Gasteiger partial charge is 0.396 e. The lowest BCUT2D eigenvalue weighted by atomic mass is 10.2. The summed E-state index contributed by atoms with van der Waals surface area (Å²) in [5.41, 5.74) is 5.74. The summed E-state index contributed by atoms with van der Waals surface area (Å²) in [5.74, 6) is -0.754. The zero-order chi connectivity index (χ0) is 12.7. The number of unbranched alkanes of at least 4 members (excludes halogenated alkanes) is 1. The van der Waals surface area contributed by atoms with Crippen LogP contribution in [0.25, 0.3) is 0 Å². The number of nitrogens with two attached hydrogens (primary N) is 1. The topological polar surface area (TPSA) is 64.3 Å². The number of anilines is 1. The third-order valence-corrected chi connectivity index (χ3v) is 2.32. The summed E-state index contributed by atoms with van der Waals surface area (Å²) < 4.78 is 17.8. The van der Waals surface area contributed by atoms with Gasteiger partial charge in [-0.05, 0) is 31.0 Å². The van der Waals surface area contributed by atoms with Crippen molar-refractivity contribution in [2.75, 3.05) is 26.0 Å². The molecular formula is C12H17FN2O2. The number of amides is 1. The molecule has 17 heavy (non-hydrogen) atoms. The Balaban J connectivity index is 2.39. The fraction of sp³-hybridized carbons (Fsp3) is 0.417. The standard InChI is InChI=1S/C12H17FN2O2/c1-17-7-3-2-6-15-12(16)9-4-5-10(13)11(14)8-9/h4-5,8H,2-3,6-7,14H2,1H3,(H,15,16). The van der Waals surface area contributed by atoms with Crippen molar-refractivity contribution in [1.82, 2.24) is 5.32 Å². The minimum Gasteiger partial charge on any atom is -0.396 e. The van der Waals surface area contributed by atoms with E-state index in [1.807, 2.05) is 0 Å². The number of carbonyl (C=O) groups excluding carboxylic acids is 1. The molecule has 0 aromatic heterocycles. The Morgan fingerprint density at radius 2 is 2.24 bits per heavy atom. The molecule has 0 heterocycles. The molecule has 3 N–H and O–H groups in total. The van der Waals surface area contributed by atoms with Gasteiger partial charge in [-0.1, -0.05) is 0 Å². The summed E-state index contributed by atoms with van der Waals surface area (Å²) in [6.07, 6.45) is 1.73. The summed E-state index contributed by atoms with van der Waals surface area (Å²) in [5, 5.41) is 2.73. The van der Waals surface area contributed by atoms with E-state index in [1.54, 1.807) is 7.11 Å². The molecule has 1 aromatic carbocycles. The molecule has 0 atom stereocenters. The van der Waals surface area contributed by atoms with Crippen LogP contribution in [0.5, 0.6) is 0 Å². The van der Waals surface area contributed by atoms with Crippen LogP contribution in [-0.4, -0.2) is 26.2 Å². The fourth-order valence-electron chi connectivity index (χ4n) is 1.36. The van der Waals surface area contributed by atoms with Crippen molar-refractivity contribution < 1.29 is 13.9 Å². The Kier molecular flexibility index (Phi) is 5.42. The lowest BCUT2D eigenvalue weighted by molar-refractivity contribution is 0.0951. The van der Waals surface area contributed by atoms with Gasteiger partial charge >= 0.3 is 0 Å². The average molecular weight is 240 g/mol. The van der Waals surface area contributed by atoms with Gasteiger partial charge in [-0.15, -0.1) is 0 Å². The second-order valence-corrected chi connectivity index (χ2v) is 3.69. The Hall–Kier alpha value is -1.62. The van der Waals surface area contributed by atoms with E-state index in [2.05, 4.69) is 5.32 Å². The van der Waals surface area contributed by atoms with Crippen LogP contribution in [0.3, 0.4) is 0 Å². The number of rotatable bonds is 6. The second-order valence-electron chi connectivity index (χ2n) is 3.69. The molecule has 0 saturated heterocycles. The van der Waals surface area contributed by atoms with Gasteiger partial charge in [0.2, 0.25) is 0 Å². The molecule has 1 aromatic rings. The van der Waals surface area contributed by atoms with E-state index in [1.165, 1.54) is 18.2 Å².